The number of fused-ring (bicyclic) bond motifs is 9. The van der Waals surface area contributed by atoms with Crippen LogP contribution in [0, 0.1) is 0 Å². The molecule has 0 radical (unpaired) electrons. The molecule has 0 amide bonds. The van der Waals surface area contributed by atoms with Crippen LogP contribution in [0.2, 0.25) is 0 Å². The fourth-order valence-corrected chi connectivity index (χ4v) is 8.81. The number of benzene rings is 4. The molecule has 10 rings (SSSR count). The van der Waals surface area contributed by atoms with Gasteiger partial charge < -0.3 is 10.2 Å². The highest BCUT2D eigenvalue weighted by Crippen LogP contribution is 2.64. The fraction of sp³-hybridized carbons (Fsp3) is 0.0952. The van der Waals surface area contributed by atoms with Crippen molar-refractivity contribution in [1.29, 1.82) is 0 Å². The molecule has 3 atom stereocenters. The van der Waals surface area contributed by atoms with Crippen LogP contribution in [-0.2, 0) is 5.41 Å². The van der Waals surface area contributed by atoms with E-state index in [1.807, 2.05) is 18.6 Å². The zero-order valence-electron chi connectivity index (χ0n) is 25.1. The van der Waals surface area contributed by atoms with Crippen molar-refractivity contribution in [3.63, 3.8) is 0 Å². The molecule has 4 heteroatoms. The summed E-state index contributed by atoms with van der Waals surface area (Å²) >= 11 is 0. The second-order valence-electron chi connectivity index (χ2n) is 12.6. The monoisotopic (exact) mass is 590 g/mol. The molecule has 4 nitrogen and oxygen atoms in total. The SMILES string of the molecule is C1=CC(C2(c3ccncc3)C3=C(C=CC4C3c3cnccc3N4c3cc4ccccc4c4ccccc34)c3ccccc32)=CNC1. The Balaban J connectivity index is 1.28. The molecule has 218 valence electrons. The predicted octanol–water partition coefficient (Wildman–Crippen LogP) is 8.75. The Morgan fingerprint density at radius 1 is 0.739 bits per heavy atom. The lowest BCUT2D eigenvalue weighted by atomic mass is 9.61. The Labute approximate surface area is 267 Å². The number of allylic oxidation sites excluding steroid dienone is 4. The average Bonchev–Trinajstić information content (AvgIpc) is 3.63. The second-order valence-corrected chi connectivity index (χ2v) is 12.6. The van der Waals surface area contributed by atoms with Crippen molar-refractivity contribution >= 4 is 38.5 Å². The topological polar surface area (TPSA) is 41.1 Å². The summed E-state index contributed by atoms with van der Waals surface area (Å²) in [6, 6.07) is 35.7. The van der Waals surface area contributed by atoms with Crippen LogP contribution in [0.5, 0.6) is 0 Å². The highest BCUT2D eigenvalue weighted by Gasteiger charge is 2.56. The molecule has 3 unspecified atom stereocenters. The molecule has 2 aliphatic carbocycles. The van der Waals surface area contributed by atoms with E-state index in [0.29, 0.717) is 0 Å². The van der Waals surface area contributed by atoms with Crippen molar-refractivity contribution in [2.75, 3.05) is 11.4 Å². The Bertz CT molecular complexity index is 2350. The first kappa shape index (κ1) is 25.6. The predicted molar refractivity (Wildman–Crippen MR) is 187 cm³/mol. The number of hydrogen-bond acceptors (Lipinski definition) is 4. The lowest BCUT2D eigenvalue weighted by Crippen LogP contribution is -2.39. The molecule has 6 aromatic rings. The van der Waals surface area contributed by atoms with Gasteiger partial charge in [0.05, 0.1) is 17.1 Å². The first-order chi connectivity index (χ1) is 22.9. The van der Waals surface area contributed by atoms with Crippen molar-refractivity contribution in [3.05, 3.63) is 186 Å². The van der Waals surface area contributed by atoms with Crippen molar-refractivity contribution in [2.24, 2.45) is 0 Å². The van der Waals surface area contributed by atoms with Gasteiger partial charge in [-0.05, 0) is 73.8 Å². The lowest BCUT2D eigenvalue weighted by Gasteiger charge is -2.42. The third kappa shape index (κ3) is 3.28. The minimum Gasteiger partial charge on any atom is -0.387 e. The van der Waals surface area contributed by atoms with Gasteiger partial charge in [-0.25, -0.2) is 0 Å². The smallest absolute Gasteiger partial charge is 0.0698 e. The average molecular weight is 591 g/mol. The molecule has 46 heavy (non-hydrogen) atoms. The van der Waals surface area contributed by atoms with Gasteiger partial charge in [-0.3, -0.25) is 9.97 Å². The molecule has 4 heterocycles. The molecule has 0 fully saturated rings. The Hall–Kier alpha value is -5.74. The molecule has 0 spiro atoms. The van der Waals surface area contributed by atoms with Gasteiger partial charge in [0.2, 0.25) is 0 Å². The van der Waals surface area contributed by atoms with Gasteiger partial charge in [-0.1, -0.05) is 97.1 Å². The van der Waals surface area contributed by atoms with Crippen LogP contribution >= 0.6 is 0 Å². The van der Waals surface area contributed by atoms with Crippen LogP contribution in [0.25, 0.3) is 27.1 Å². The van der Waals surface area contributed by atoms with Gasteiger partial charge in [0.1, 0.15) is 0 Å². The largest absolute Gasteiger partial charge is 0.387 e. The fourth-order valence-electron chi connectivity index (χ4n) is 8.81. The molecular weight excluding hydrogens is 560 g/mol. The van der Waals surface area contributed by atoms with Gasteiger partial charge >= 0.3 is 0 Å². The molecular formula is C42H30N4. The van der Waals surface area contributed by atoms with Crippen LogP contribution < -0.4 is 10.2 Å². The quantitative estimate of drug-likeness (QED) is 0.209. The van der Waals surface area contributed by atoms with Crippen molar-refractivity contribution in [1.82, 2.24) is 15.3 Å². The zero-order chi connectivity index (χ0) is 30.2. The number of nitrogens with zero attached hydrogens (tertiary/aromatic N) is 3. The van der Waals surface area contributed by atoms with E-state index in [1.165, 1.54) is 71.9 Å². The van der Waals surface area contributed by atoms with Crippen LogP contribution in [0.3, 0.4) is 0 Å². The Morgan fingerprint density at radius 3 is 2.39 bits per heavy atom. The van der Waals surface area contributed by atoms with Gasteiger partial charge in [-0.2, -0.15) is 0 Å². The van der Waals surface area contributed by atoms with Crippen LogP contribution in [0.15, 0.2) is 163 Å². The van der Waals surface area contributed by atoms with Crippen molar-refractivity contribution < 1.29 is 0 Å². The van der Waals surface area contributed by atoms with Crippen LogP contribution in [0.1, 0.15) is 28.2 Å². The Morgan fingerprint density at radius 2 is 1.52 bits per heavy atom. The molecule has 1 N–H and O–H groups in total. The Kier molecular flexibility index (Phi) is 5.35. The van der Waals surface area contributed by atoms with Gasteiger partial charge in [0.15, 0.2) is 0 Å². The van der Waals surface area contributed by atoms with Gasteiger partial charge in [-0.15, -0.1) is 0 Å². The second kappa shape index (κ2) is 9.63. The number of nitrogens with one attached hydrogen (secondary N) is 1. The van der Waals surface area contributed by atoms with E-state index in [9.17, 15) is 0 Å². The maximum atomic E-state index is 4.76. The van der Waals surface area contributed by atoms with Gasteiger partial charge in [0.25, 0.3) is 0 Å². The van der Waals surface area contributed by atoms with E-state index in [4.69, 9.17) is 4.98 Å². The molecule has 0 saturated carbocycles. The summed E-state index contributed by atoms with van der Waals surface area (Å²) in [7, 11) is 0. The maximum Gasteiger partial charge on any atom is 0.0698 e. The summed E-state index contributed by atoms with van der Waals surface area (Å²) in [6.45, 7) is 0.824. The van der Waals surface area contributed by atoms with E-state index in [-0.39, 0.29) is 12.0 Å². The third-order valence-corrected chi connectivity index (χ3v) is 10.5. The number of aromatic nitrogens is 2. The van der Waals surface area contributed by atoms with Crippen LogP contribution in [-0.4, -0.2) is 22.6 Å². The summed E-state index contributed by atoms with van der Waals surface area (Å²) < 4.78 is 0. The summed E-state index contributed by atoms with van der Waals surface area (Å²) in [5.74, 6) is 0.0747. The van der Waals surface area contributed by atoms with E-state index >= 15 is 0 Å². The van der Waals surface area contributed by atoms with E-state index in [0.717, 1.165) is 6.54 Å². The molecule has 2 aliphatic heterocycles. The van der Waals surface area contributed by atoms with Crippen molar-refractivity contribution in [3.8, 4) is 0 Å². The normalized spacial score (nSPS) is 22.3. The third-order valence-electron chi connectivity index (χ3n) is 10.5. The lowest BCUT2D eigenvalue weighted by molar-refractivity contribution is 0.608. The number of rotatable bonds is 3. The summed E-state index contributed by atoms with van der Waals surface area (Å²) in [5.41, 5.74) is 11.0. The molecule has 0 saturated heterocycles. The van der Waals surface area contributed by atoms with Gasteiger partial charge in [0, 0.05) is 60.1 Å². The standard InChI is InChI=1S/C42H30N4/c1-2-10-30-27(8-1)24-39(33-13-4-3-11-31(30)33)46-37-19-23-45-26-35(37)40-38(46)16-15-34-32-12-5-6-14-36(32)42(41(34)40,28-17-21-43-22-18-28)29-9-7-20-44-25-29/h1-19,21-26,38,40,44H,20H2. The van der Waals surface area contributed by atoms with E-state index in [1.54, 1.807) is 0 Å². The minimum atomic E-state index is -0.499. The van der Waals surface area contributed by atoms with E-state index < -0.39 is 5.41 Å². The number of dihydropyridines is 1. The van der Waals surface area contributed by atoms with Crippen LogP contribution in [0.4, 0.5) is 11.4 Å². The maximum absolute atomic E-state index is 4.76. The zero-order valence-corrected chi connectivity index (χ0v) is 25.1. The summed E-state index contributed by atoms with van der Waals surface area (Å²) in [4.78, 5) is 11.8. The van der Waals surface area contributed by atoms with Crippen molar-refractivity contribution in [2.45, 2.75) is 17.4 Å². The highest BCUT2D eigenvalue weighted by molar-refractivity contribution is 6.14. The number of hydrogen-bond donors (Lipinski definition) is 1. The summed E-state index contributed by atoms with van der Waals surface area (Å²) in [5, 5.41) is 8.62. The molecule has 4 aliphatic rings. The first-order valence-electron chi connectivity index (χ1n) is 16.0. The van der Waals surface area contributed by atoms with E-state index in [2.05, 4.69) is 149 Å². The summed E-state index contributed by atoms with van der Waals surface area (Å²) in [6.07, 6.45) is 19.6. The first-order valence-corrected chi connectivity index (χ1v) is 16.0. The highest BCUT2D eigenvalue weighted by atomic mass is 15.2. The number of pyridine rings is 2. The molecule has 0 bridgehead atoms. The minimum absolute atomic E-state index is 0.0687. The molecule has 2 aromatic heterocycles. The number of anilines is 2. The molecule has 4 aromatic carbocycles.